The fourth-order valence-electron chi connectivity index (χ4n) is 4.85. The number of aromatic nitrogens is 1. The van der Waals surface area contributed by atoms with Gasteiger partial charge in [-0.15, -0.1) is 0 Å². The van der Waals surface area contributed by atoms with E-state index < -0.39 is 0 Å². The van der Waals surface area contributed by atoms with Crippen molar-refractivity contribution in [3.05, 3.63) is 107 Å². The molecule has 4 aromatic carbocycles. The number of rotatable bonds is 4. The van der Waals surface area contributed by atoms with E-state index in [0.29, 0.717) is 28.0 Å². The maximum atomic E-state index is 11.0. The number of hydrogen-bond acceptors (Lipinski definition) is 4. The van der Waals surface area contributed by atoms with Gasteiger partial charge in [0.15, 0.2) is 0 Å². The third kappa shape index (κ3) is 4.22. The van der Waals surface area contributed by atoms with E-state index in [0.717, 1.165) is 16.5 Å². The molecule has 0 amide bonds. The van der Waals surface area contributed by atoms with Gasteiger partial charge in [-0.25, -0.2) is 4.98 Å². The lowest BCUT2D eigenvalue weighted by Crippen LogP contribution is -1.95. The van der Waals surface area contributed by atoms with Crippen LogP contribution in [0.3, 0.4) is 0 Å². The summed E-state index contributed by atoms with van der Waals surface area (Å²) in [7, 11) is 0. The third-order valence-electron chi connectivity index (χ3n) is 6.89. The molecule has 5 rings (SSSR count). The number of aliphatic imine (C=N–C) groups is 1. The normalized spacial score (nSPS) is 11.4. The highest BCUT2D eigenvalue weighted by Crippen LogP contribution is 2.37. The van der Waals surface area contributed by atoms with Crippen LogP contribution in [0.5, 0.6) is 11.5 Å². The molecule has 1 heterocycles. The van der Waals surface area contributed by atoms with Crippen LogP contribution in [-0.4, -0.2) is 21.4 Å². The van der Waals surface area contributed by atoms with Crippen molar-refractivity contribution in [2.75, 3.05) is 0 Å². The Hall–Kier alpha value is -4.44. The first-order chi connectivity index (χ1) is 17.3. The molecule has 0 saturated heterocycles. The van der Waals surface area contributed by atoms with Crippen LogP contribution in [0.4, 0.5) is 5.69 Å². The summed E-state index contributed by atoms with van der Waals surface area (Å²) < 4.78 is 0. The quantitative estimate of drug-likeness (QED) is 0.261. The molecule has 0 bridgehead atoms. The van der Waals surface area contributed by atoms with E-state index >= 15 is 0 Å². The van der Waals surface area contributed by atoms with Crippen molar-refractivity contribution < 1.29 is 10.2 Å². The Bertz CT molecular complexity index is 1650. The first-order valence-electron chi connectivity index (χ1n) is 12.0. The van der Waals surface area contributed by atoms with Gasteiger partial charge < -0.3 is 10.2 Å². The largest absolute Gasteiger partial charge is 0.507 e. The smallest absolute Gasteiger partial charge is 0.125 e. The Balaban J connectivity index is 1.49. The highest BCUT2D eigenvalue weighted by molar-refractivity contribution is 5.99. The summed E-state index contributed by atoms with van der Waals surface area (Å²) in [6.07, 6.45) is 1.68. The number of nitrogens with zero attached hydrogens (tertiary/aromatic N) is 2. The molecule has 0 aliphatic heterocycles. The van der Waals surface area contributed by atoms with Crippen LogP contribution >= 0.6 is 0 Å². The fraction of sp³-hybridized carbons (Fsp3) is 0.125. The zero-order valence-electron chi connectivity index (χ0n) is 20.9. The van der Waals surface area contributed by atoms with E-state index in [4.69, 9.17) is 4.98 Å². The van der Waals surface area contributed by atoms with E-state index in [9.17, 15) is 10.2 Å². The Morgan fingerprint density at radius 1 is 0.722 bits per heavy atom. The van der Waals surface area contributed by atoms with Crippen molar-refractivity contribution in [1.29, 1.82) is 0 Å². The fourth-order valence-corrected chi connectivity index (χ4v) is 4.85. The highest BCUT2D eigenvalue weighted by atomic mass is 16.3. The summed E-state index contributed by atoms with van der Waals surface area (Å²) in [6.45, 7) is 8.51. The molecule has 0 fully saturated rings. The van der Waals surface area contributed by atoms with Gasteiger partial charge in [0.1, 0.15) is 11.5 Å². The van der Waals surface area contributed by atoms with Gasteiger partial charge in [0.2, 0.25) is 0 Å². The van der Waals surface area contributed by atoms with E-state index in [2.05, 4.69) is 38.8 Å². The second-order valence-electron chi connectivity index (χ2n) is 9.23. The molecule has 4 heteroatoms. The molecule has 0 radical (unpaired) electrons. The van der Waals surface area contributed by atoms with E-state index in [1.165, 1.54) is 22.3 Å². The molecule has 0 aliphatic rings. The number of hydrogen-bond donors (Lipinski definition) is 2. The monoisotopic (exact) mass is 472 g/mol. The van der Waals surface area contributed by atoms with Crippen molar-refractivity contribution in [2.45, 2.75) is 27.7 Å². The molecule has 0 atom stereocenters. The SMILES string of the molecule is Cc1cc(C)c(-c2ccc(-c3cccc(C=Nc4cccc5cccc(O)c45)n3)c(O)c2)c(C)c1C. The summed E-state index contributed by atoms with van der Waals surface area (Å²) in [4.78, 5) is 9.31. The molecule has 4 nitrogen and oxygen atoms in total. The summed E-state index contributed by atoms with van der Waals surface area (Å²) >= 11 is 0. The lowest BCUT2D eigenvalue weighted by molar-refractivity contribution is 0.477. The molecule has 178 valence electrons. The van der Waals surface area contributed by atoms with Crippen molar-refractivity contribution in [3.8, 4) is 33.9 Å². The van der Waals surface area contributed by atoms with Gasteiger partial charge in [-0.3, -0.25) is 4.99 Å². The average molecular weight is 473 g/mol. The van der Waals surface area contributed by atoms with Gasteiger partial charge in [0, 0.05) is 10.9 Å². The van der Waals surface area contributed by atoms with Gasteiger partial charge in [-0.2, -0.15) is 0 Å². The van der Waals surface area contributed by atoms with Crippen molar-refractivity contribution >= 4 is 22.7 Å². The number of phenols is 2. The number of benzene rings is 4. The van der Waals surface area contributed by atoms with Crippen LogP contribution < -0.4 is 0 Å². The second-order valence-corrected chi connectivity index (χ2v) is 9.23. The maximum absolute atomic E-state index is 11.0. The van der Waals surface area contributed by atoms with Crippen LogP contribution in [0.2, 0.25) is 0 Å². The van der Waals surface area contributed by atoms with Crippen LogP contribution in [0.15, 0.2) is 83.9 Å². The maximum Gasteiger partial charge on any atom is 0.125 e. The zero-order valence-corrected chi connectivity index (χ0v) is 20.9. The number of aromatic hydroxyl groups is 2. The van der Waals surface area contributed by atoms with Crippen LogP contribution in [0.1, 0.15) is 27.9 Å². The van der Waals surface area contributed by atoms with Gasteiger partial charge in [-0.05, 0) is 103 Å². The third-order valence-corrected chi connectivity index (χ3v) is 6.89. The lowest BCUT2D eigenvalue weighted by Gasteiger charge is -2.16. The lowest BCUT2D eigenvalue weighted by atomic mass is 9.89. The minimum absolute atomic E-state index is 0.185. The molecular formula is C32H28N2O2. The predicted octanol–water partition coefficient (Wildman–Crippen LogP) is 7.96. The summed E-state index contributed by atoms with van der Waals surface area (Å²) in [5.74, 6) is 0.381. The van der Waals surface area contributed by atoms with Gasteiger partial charge in [-0.1, -0.05) is 42.5 Å². The standard InChI is InChI=1S/C32H28N2O2/c1-19-16-20(2)31(22(4)21(19)3)24-14-15-26(30(36)17-24)27-11-7-10-25(34-27)18-33-28-12-5-8-23-9-6-13-29(35)32(23)28/h5-18,35-36H,1-4H3. The Morgan fingerprint density at radius 3 is 2.25 bits per heavy atom. The summed E-state index contributed by atoms with van der Waals surface area (Å²) in [6, 6.07) is 24.8. The van der Waals surface area contributed by atoms with Gasteiger partial charge >= 0.3 is 0 Å². The average Bonchev–Trinajstić information content (AvgIpc) is 2.86. The first kappa shape index (κ1) is 23.3. The van der Waals surface area contributed by atoms with Crippen molar-refractivity contribution in [1.82, 2.24) is 4.98 Å². The topological polar surface area (TPSA) is 65.7 Å². The number of fused-ring (bicyclic) bond motifs is 1. The van der Waals surface area contributed by atoms with Crippen molar-refractivity contribution in [2.24, 2.45) is 4.99 Å². The predicted molar refractivity (Wildman–Crippen MR) is 149 cm³/mol. The molecule has 0 spiro atoms. The Morgan fingerprint density at radius 2 is 1.47 bits per heavy atom. The van der Waals surface area contributed by atoms with E-state index in [1.54, 1.807) is 12.3 Å². The number of phenolic OH excluding ortho intramolecular Hbond substituents is 2. The molecule has 2 N–H and O–H groups in total. The summed E-state index contributed by atoms with van der Waals surface area (Å²) in [5.41, 5.74) is 9.77. The minimum Gasteiger partial charge on any atom is -0.507 e. The zero-order chi connectivity index (χ0) is 25.4. The second kappa shape index (κ2) is 9.31. The van der Waals surface area contributed by atoms with Gasteiger partial charge in [0.25, 0.3) is 0 Å². The Labute approximate surface area is 211 Å². The highest BCUT2D eigenvalue weighted by Gasteiger charge is 2.14. The molecular weight excluding hydrogens is 444 g/mol. The van der Waals surface area contributed by atoms with E-state index in [-0.39, 0.29) is 11.5 Å². The van der Waals surface area contributed by atoms with Crippen molar-refractivity contribution in [3.63, 3.8) is 0 Å². The number of aryl methyl sites for hydroxylation is 2. The molecule has 36 heavy (non-hydrogen) atoms. The Kier molecular flexibility index (Phi) is 6.03. The van der Waals surface area contributed by atoms with Crippen LogP contribution in [-0.2, 0) is 0 Å². The van der Waals surface area contributed by atoms with E-state index in [1.807, 2.05) is 66.7 Å². The van der Waals surface area contributed by atoms with Gasteiger partial charge in [0.05, 0.1) is 23.3 Å². The van der Waals surface area contributed by atoms with Crippen LogP contribution in [0, 0.1) is 27.7 Å². The molecule has 5 aromatic rings. The number of pyridine rings is 1. The molecule has 0 unspecified atom stereocenters. The first-order valence-corrected chi connectivity index (χ1v) is 12.0. The molecule has 0 aliphatic carbocycles. The summed E-state index contributed by atoms with van der Waals surface area (Å²) in [5, 5.41) is 22.9. The minimum atomic E-state index is 0.185. The molecule has 1 aromatic heterocycles. The van der Waals surface area contributed by atoms with Crippen LogP contribution in [0.25, 0.3) is 33.2 Å². The molecule has 0 saturated carbocycles.